The molecule has 2 aromatic carbocycles. The molecule has 146 valence electrons. The fourth-order valence-electron chi connectivity index (χ4n) is 4.70. The molecule has 6 rings (SSSR count). The Kier molecular flexibility index (Phi) is 3.40. The van der Waals surface area contributed by atoms with E-state index in [4.69, 9.17) is 4.98 Å². The number of nitrogens with zero attached hydrogens (tertiary/aromatic N) is 4. The standard InChI is InChI=1S/C26H22N4/c1-26(2,3)30-20-12-7-5-10-18(20)25-22(30)14-15-23(28-25)29-19-11-6-4-9-17(19)24-21(29)13-8-16-27-24/h4-16H,1-3H3. The summed E-state index contributed by atoms with van der Waals surface area (Å²) >= 11 is 0. The van der Waals surface area contributed by atoms with Gasteiger partial charge in [-0.1, -0.05) is 36.4 Å². The molecular weight excluding hydrogens is 368 g/mol. The van der Waals surface area contributed by atoms with Gasteiger partial charge in [0.2, 0.25) is 0 Å². The van der Waals surface area contributed by atoms with Crippen LogP contribution in [0, 0.1) is 0 Å². The van der Waals surface area contributed by atoms with Crippen molar-refractivity contribution < 1.29 is 0 Å². The Bertz CT molecular complexity index is 1520. The van der Waals surface area contributed by atoms with E-state index < -0.39 is 0 Å². The minimum atomic E-state index is -0.0404. The normalized spacial score (nSPS) is 12.5. The Morgan fingerprint density at radius 3 is 2.07 bits per heavy atom. The number of pyridine rings is 2. The zero-order valence-electron chi connectivity index (χ0n) is 17.3. The van der Waals surface area contributed by atoms with Gasteiger partial charge in [-0.25, -0.2) is 4.98 Å². The lowest BCUT2D eigenvalue weighted by Gasteiger charge is -2.24. The number of para-hydroxylation sites is 2. The van der Waals surface area contributed by atoms with E-state index in [0.29, 0.717) is 0 Å². The molecule has 0 radical (unpaired) electrons. The molecule has 0 amide bonds. The number of benzene rings is 2. The summed E-state index contributed by atoms with van der Waals surface area (Å²) < 4.78 is 4.61. The van der Waals surface area contributed by atoms with Crippen molar-refractivity contribution in [2.75, 3.05) is 0 Å². The van der Waals surface area contributed by atoms with Crippen LogP contribution in [0.4, 0.5) is 0 Å². The number of aromatic nitrogens is 4. The zero-order chi connectivity index (χ0) is 20.5. The predicted octanol–water partition coefficient (Wildman–Crippen LogP) is 6.44. The first kappa shape index (κ1) is 17.2. The van der Waals surface area contributed by atoms with Gasteiger partial charge in [-0.15, -0.1) is 0 Å². The smallest absolute Gasteiger partial charge is 0.138 e. The molecule has 4 aromatic heterocycles. The molecule has 0 saturated carbocycles. The first-order valence-corrected chi connectivity index (χ1v) is 10.3. The Balaban J connectivity index is 1.75. The average molecular weight is 390 g/mol. The molecule has 0 fully saturated rings. The minimum Gasteiger partial charge on any atom is -0.334 e. The number of hydrogen-bond donors (Lipinski definition) is 0. The van der Waals surface area contributed by atoms with Crippen LogP contribution in [0.15, 0.2) is 79.0 Å². The van der Waals surface area contributed by atoms with E-state index in [1.165, 1.54) is 10.9 Å². The maximum Gasteiger partial charge on any atom is 0.138 e. The van der Waals surface area contributed by atoms with Crippen LogP contribution in [0.25, 0.3) is 49.7 Å². The van der Waals surface area contributed by atoms with Crippen LogP contribution in [0.2, 0.25) is 0 Å². The van der Waals surface area contributed by atoms with E-state index in [-0.39, 0.29) is 5.54 Å². The molecule has 0 atom stereocenters. The summed E-state index contributed by atoms with van der Waals surface area (Å²) in [7, 11) is 0. The van der Waals surface area contributed by atoms with Crippen LogP contribution >= 0.6 is 0 Å². The molecular formula is C26H22N4. The van der Waals surface area contributed by atoms with E-state index >= 15 is 0 Å². The molecule has 4 nitrogen and oxygen atoms in total. The lowest BCUT2D eigenvalue weighted by atomic mass is 10.1. The molecule has 0 unspecified atom stereocenters. The summed E-state index contributed by atoms with van der Waals surface area (Å²) in [6, 6.07) is 25.4. The van der Waals surface area contributed by atoms with Gasteiger partial charge < -0.3 is 4.57 Å². The van der Waals surface area contributed by atoms with Gasteiger partial charge in [0, 0.05) is 22.5 Å². The lowest BCUT2D eigenvalue weighted by Crippen LogP contribution is -2.21. The molecule has 0 N–H and O–H groups in total. The minimum absolute atomic E-state index is 0.0404. The van der Waals surface area contributed by atoms with Gasteiger partial charge in [-0.3, -0.25) is 9.55 Å². The van der Waals surface area contributed by atoms with Gasteiger partial charge in [0.25, 0.3) is 0 Å². The molecule has 0 aliphatic carbocycles. The van der Waals surface area contributed by atoms with Crippen molar-refractivity contribution in [3.05, 3.63) is 79.0 Å². The average Bonchev–Trinajstić information content (AvgIpc) is 3.26. The maximum atomic E-state index is 5.19. The number of hydrogen-bond acceptors (Lipinski definition) is 2. The fourth-order valence-corrected chi connectivity index (χ4v) is 4.70. The van der Waals surface area contributed by atoms with Gasteiger partial charge in [0.1, 0.15) is 5.82 Å². The number of fused-ring (bicyclic) bond motifs is 6. The van der Waals surface area contributed by atoms with E-state index in [2.05, 4.69) is 102 Å². The molecule has 0 bridgehead atoms. The second-order valence-electron chi connectivity index (χ2n) is 8.78. The van der Waals surface area contributed by atoms with Crippen LogP contribution in [0.3, 0.4) is 0 Å². The SMILES string of the molecule is CC(C)(C)n1c2ccccc2c2nc(-n3c4ccccc4c4ncccc43)ccc21. The summed E-state index contributed by atoms with van der Waals surface area (Å²) in [6.07, 6.45) is 1.85. The molecule has 4 heterocycles. The summed E-state index contributed by atoms with van der Waals surface area (Å²) in [5.74, 6) is 0.915. The van der Waals surface area contributed by atoms with Crippen LogP contribution in [0.1, 0.15) is 20.8 Å². The van der Waals surface area contributed by atoms with Gasteiger partial charge >= 0.3 is 0 Å². The third-order valence-corrected chi connectivity index (χ3v) is 5.83. The predicted molar refractivity (Wildman–Crippen MR) is 124 cm³/mol. The topological polar surface area (TPSA) is 35.6 Å². The lowest BCUT2D eigenvalue weighted by molar-refractivity contribution is 0.423. The Morgan fingerprint density at radius 2 is 1.30 bits per heavy atom. The van der Waals surface area contributed by atoms with Crippen molar-refractivity contribution in [2.24, 2.45) is 0 Å². The monoisotopic (exact) mass is 390 g/mol. The number of rotatable bonds is 1. The highest BCUT2D eigenvalue weighted by Crippen LogP contribution is 2.35. The van der Waals surface area contributed by atoms with E-state index in [1.807, 2.05) is 12.3 Å². The van der Waals surface area contributed by atoms with E-state index in [0.717, 1.165) is 38.8 Å². The van der Waals surface area contributed by atoms with Crippen LogP contribution in [-0.2, 0) is 5.54 Å². The highest BCUT2D eigenvalue weighted by atomic mass is 15.1. The second kappa shape index (κ2) is 5.92. The zero-order valence-corrected chi connectivity index (χ0v) is 17.3. The van der Waals surface area contributed by atoms with Crippen molar-refractivity contribution in [2.45, 2.75) is 26.3 Å². The highest BCUT2D eigenvalue weighted by Gasteiger charge is 2.22. The summed E-state index contributed by atoms with van der Waals surface area (Å²) in [6.45, 7) is 6.72. The largest absolute Gasteiger partial charge is 0.334 e. The Labute approximate surface area is 174 Å². The fraction of sp³-hybridized carbons (Fsp3) is 0.154. The first-order chi connectivity index (χ1) is 14.5. The van der Waals surface area contributed by atoms with Crippen LogP contribution in [-0.4, -0.2) is 19.1 Å². The van der Waals surface area contributed by atoms with Crippen molar-refractivity contribution in [3.63, 3.8) is 0 Å². The van der Waals surface area contributed by atoms with Gasteiger partial charge in [0.15, 0.2) is 0 Å². The molecule has 0 saturated heterocycles. The van der Waals surface area contributed by atoms with Crippen molar-refractivity contribution >= 4 is 43.9 Å². The van der Waals surface area contributed by atoms with Crippen LogP contribution in [0.5, 0.6) is 0 Å². The first-order valence-electron chi connectivity index (χ1n) is 10.3. The molecule has 4 heteroatoms. The summed E-state index contributed by atoms with van der Waals surface area (Å²) in [5, 5.41) is 2.33. The van der Waals surface area contributed by atoms with Crippen molar-refractivity contribution in [3.8, 4) is 5.82 Å². The Morgan fingerprint density at radius 1 is 0.633 bits per heavy atom. The van der Waals surface area contributed by atoms with Crippen LogP contribution < -0.4 is 0 Å². The maximum absolute atomic E-state index is 5.19. The third-order valence-electron chi connectivity index (χ3n) is 5.83. The molecule has 0 aliphatic heterocycles. The quantitative estimate of drug-likeness (QED) is 0.324. The molecule has 0 spiro atoms. The van der Waals surface area contributed by atoms with E-state index in [1.54, 1.807) is 0 Å². The molecule has 30 heavy (non-hydrogen) atoms. The highest BCUT2D eigenvalue weighted by molar-refractivity contribution is 6.08. The molecule has 6 aromatic rings. The second-order valence-corrected chi connectivity index (χ2v) is 8.78. The van der Waals surface area contributed by atoms with Gasteiger partial charge in [-0.05, 0) is 57.2 Å². The summed E-state index contributed by atoms with van der Waals surface area (Å²) in [5.41, 5.74) is 6.57. The van der Waals surface area contributed by atoms with E-state index in [9.17, 15) is 0 Å². The third kappa shape index (κ3) is 2.28. The van der Waals surface area contributed by atoms with Crippen molar-refractivity contribution in [1.82, 2.24) is 19.1 Å². The van der Waals surface area contributed by atoms with Gasteiger partial charge in [0.05, 0.1) is 33.1 Å². The summed E-state index contributed by atoms with van der Waals surface area (Å²) in [4.78, 5) is 9.85. The van der Waals surface area contributed by atoms with Crippen molar-refractivity contribution in [1.29, 1.82) is 0 Å². The van der Waals surface area contributed by atoms with Gasteiger partial charge in [-0.2, -0.15) is 0 Å². The molecule has 0 aliphatic rings. The Hall–Kier alpha value is -3.66.